The molecule has 2 unspecified atom stereocenters. The zero-order chi connectivity index (χ0) is 35.6. The first kappa shape index (κ1) is 46.9. The molecule has 4 heteroatoms. The summed E-state index contributed by atoms with van der Waals surface area (Å²) in [4.78, 5) is 26.2. The number of rotatable bonds is 12. The van der Waals surface area contributed by atoms with Gasteiger partial charge in [0.25, 0.3) is 0 Å². The van der Waals surface area contributed by atoms with Crippen LogP contribution in [0.25, 0.3) is 0 Å². The summed E-state index contributed by atoms with van der Waals surface area (Å²) in [5.74, 6) is 0.125. The van der Waals surface area contributed by atoms with E-state index < -0.39 is 22.7 Å². The normalized spacial score (nSPS) is 13.6. The topological polar surface area (TPSA) is 52.6 Å². The molecule has 0 N–H and O–H groups in total. The van der Waals surface area contributed by atoms with E-state index in [-0.39, 0.29) is 22.9 Å². The summed E-state index contributed by atoms with van der Waals surface area (Å²) in [5.41, 5.74) is -1.04. The molecule has 0 saturated carbocycles. The summed E-state index contributed by atoms with van der Waals surface area (Å²) in [6.07, 6.45) is 5.28. The van der Waals surface area contributed by atoms with Crippen molar-refractivity contribution in [3.05, 3.63) is 35.9 Å². The third-order valence-corrected chi connectivity index (χ3v) is 6.84. The summed E-state index contributed by atoms with van der Waals surface area (Å²) >= 11 is 0. The first-order valence-electron chi connectivity index (χ1n) is 17.2. The largest absolute Gasteiger partial charge is 0.375 e. The Morgan fingerprint density at radius 2 is 1.11 bits per heavy atom. The van der Waals surface area contributed by atoms with Crippen LogP contribution in [0.2, 0.25) is 0 Å². The van der Waals surface area contributed by atoms with Crippen LogP contribution in [0.1, 0.15) is 175 Å². The van der Waals surface area contributed by atoms with E-state index in [9.17, 15) is 9.59 Å². The van der Waals surface area contributed by atoms with Crippen LogP contribution in [0.4, 0.5) is 0 Å². The second-order valence-electron chi connectivity index (χ2n) is 16.7. The van der Waals surface area contributed by atoms with Gasteiger partial charge in [0.15, 0.2) is 5.78 Å². The molecule has 1 aromatic carbocycles. The molecule has 260 valence electrons. The van der Waals surface area contributed by atoms with Crippen LogP contribution in [-0.2, 0) is 19.1 Å². The molecule has 1 rings (SSSR count). The molecule has 2 atom stereocenters. The van der Waals surface area contributed by atoms with E-state index in [1.807, 2.05) is 106 Å². The Hall–Kier alpha value is -1.52. The number of ether oxygens (including phenoxy) is 2. The molecule has 0 fully saturated rings. The molecule has 44 heavy (non-hydrogen) atoms. The van der Waals surface area contributed by atoms with Crippen LogP contribution in [-0.4, -0.2) is 29.4 Å². The quantitative estimate of drug-likeness (QED) is 0.233. The lowest BCUT2D eigenvalue weighted by atomic mass is 9.71. The maximum atomic E-state index is 13.8. The molecule has 4 nitrogen and oxygen atoms in total. The van der Waals surface area contributed by atoms with Crippen LogP contribution in [0.5, 0.6) is 0 Å². The molecule has 0 saturated heterocycles. The minimum absolute atomic E-state index is 0.0163. The van der Waals surface area contributed by atoms with Crippen LogP contribution in [0.3, 0.4) is 0 Å². The standard InChI is InChI=1S/C27H44O4.2C5H12.C3H8/c1-19(22(28)24(2,3)4)17-18-30-27(10,11)26(8,9)23(29)21(31-25(5,6)7)20-15-13-12-14-16-20;1-5(2,3)4;1-3-5-4-2;1-3-2/h12-16,19,21H,17-18H2,1-11H3;1-4H3;3-5H2,1-2H3;3H2,1-2H3. The van der Waals surface area contributed by atoms with Crippen LogP contribution in [0.15, 0.2) is 30.3 Å². The van der Waals surface area contributed by atoms with Crippen molar-refractivity contribution in [2.45, 2.75) is 181 Å². The highest BCUT2D eigenvalue weighted by Crippen LogP contribution is 2.41. The Labute approximate surface area is 275 Å². The van der Waals surface area contributed by atoms with Gasteiger partial charge in [-0.3, -0.25) is 9.59 Å². The fraction of sp³-hybridized carbons (Fsp3) is 0.800. The summed E-state index contributed by atoms with van der Waals surface area (Å²) in [7, 11) is 0. The summed E-state index contributed by atoms with van der Waals surface area (Å²) in [6, 6.07) is 9.63. The molecular formula is C40H76O4. The van der Waals surface area contributed by atoms with Crippen molar-refractivity contribution in [3.63, 3.8) is 0 Å². The predicted octanol–water partition coefficient (Wildman–Crippen LogP) is 12.2. The summed E-state index contributed by atoms with van der Waals surface area (Å²) in [6.45, 7) is 39.2. The number of ketones is 2. The summed E-state index contributed by atoms with van der Waals surface area (Å²) < 4.78 is 12.5. The van der Waals surface area contributed by atoms with Gasteiger partial charge in [-0.1, -0.05) is 153 Å². The highest BCUT2D eigenvalue weighted by molar-refractivity contribution is 5.90. The Morgan fingerprint density at radius 3 is 1.43 bits per heavy atom. The zero-order valence-electron chi connectivity index (χ0n) is 32.9. The van der Waals surface area contributed by atoms with Crippen molar-refractivity contribution >= 4 is 11.6 Å². The van der Waals surface area contributed by atoms with E-state index in [0.29, 0.717) is 18.4 Å². The number of benzene rings is 1. The Morgan fingerprint density at radius 1 is 0.705 bits per heavy atom. The summed E-state index contributed by atoms with van der Waals surface area (Å²) in [5, 5.41) is 0. The highest BCUT2D eigenvalue weighted by Gasteiger charge is 2.48. The molecule has 0 spiro atoms. The SMILES string of the molecule is CC(C)(C)C.CC(CCOC(C)(C)C(C)(C)C(=O)C(OC(C)(C)C)c1ccccc1)C(=O)C(C)(C)C.CCC.CCCCC. The average Bonchev–Trinajstić information content (AvgIpc) is 2.86. The van der Waals surface area contributed by atoms with Gasteiger partial charge in [0.2, 0.25) is 0 Å². The molecule has 0 aliphatic carbocycles. The molecule has 0 heterocycles. The Bertz CT molecular complexity index is 869. The minimum Gasteiger partial charge on any atom is -0.375 e. The third kappa shape index (κ3) is 22.1. The predicted molar refractivity (Wildman–Crippen MR) is 193 cm³/mol. The monoisotopic (exact) mass is 621 g/mol. The average molecular weight is 621 g/mol. The molecule has 0 aliphatic heterocycles. The van der Waals surface area contributed by atoms with Gasteiger partial charge in [-0.15, -0.1) is 0 Å². The van der Waals surface area contributed by atoms with Crippen molar-refractivity contribution in [2.75, 3.05) is 6.61 Å². The van der Waals surface area contributed by atoms with Gasteiger partial charge in [-0.25, -0.2) is 0 Å². The van der Waals surface area contributed by atoms with Crippen molar-refractivity contribution in [2.24, 2.45) is 22.2 Å². The Balaban J connectivity index is -0.00000108. The van der Waals surface area contributed by atoms with E-state index in [0.717, 1.165) is 5.56 Å². The van der Waals surface area contributed by atoms with E-state index in [2.05, 4.69) is 55.4 Å². The molecule has 0 amide bonds. The van der Waals surface area contributed by atoms with Gasteiger partial charge >= 0.3 is 0 Å². The fourth-order valence-electron chi connectivity index (χ4n) is 3.77. The van der Waals surface area contributed by atoms with Gasteiger partial charge in [-0.05, 0) is 52.0 Å². The van der Waals surface area contributed by atoms with Gasteiger partial charge in [-0.2, -0.15) is 0 Å². The second-order valence-corrected chi connectivity index (χ2v) is 16.7. The van der Waals surface area contributed by atoms with Gasteiger partial charge < -0.3 is 9.47 Å². The smallest absolute Gasteiger partial charge is 0.174 e. The minimum atomic E-state index is -0.809. The maximum absolute atomic E-state index is 13.8. The number of unbranched alkanes of at least 4 members (excludes halogenated alkanes) is 2. The molecular weight excluding hydrogens is 544 g/mol. The van der Waals surface area contributed by atoms with E-state index in [1.54, 1.807) is 0 Å². The van der Waals surface area contributed by atoms with E-state index in [4.69, 9.17) is 9.47 Å². The van der Waals surface area contributed by atoms with E-state index >= 15 is 0 Å². The van der Waals surface area contributed by atoms with Crippen LogP contribution < -0.4 is 0 Å². The first-order chi connectivity index (χ1) is 19.7. The highest BCUT2D eigenvalue weighted by atomic mass is 16.5. The van der Waals surface area contributed by atoms with Crippen molar-refractivity contribution in [1.82, 2.24) is 0 Å². The van der Waals surface area contributed by atoms with Gasteiger partial charge in [0.1, 0.15) is 11.9 Å². The lowest BCUT2D eigenvalue weighted by Crippen LogP contribution is -2.50. The number of Topliss-reactive ketones (excluding diaryl/α,β-unsaturated/α-hetero) is 2. The first-order valence-corrected chi connectivity index (χ1v) is 17.2. The van der Waals surface area contributed by atoms with E-state index in [1.165, 1.54) is 25.7 Å². The Kier molecular flexibility index (Phi) is 22.7. The lowest BCUT2D eigenvalue weighted by molar-refractivity contribution is -0.169. The van der Waals surface area contributed by atoms with Crippen LogP contribution >= 0.6 is 0 Å². The van der Waals surface area contributed by atoms with Crippen molar-refractivity contribution < 1.29 is 19.1 Å². The fourth-order valence-corrected chi connectivity index (χ4v) is 3.77. The number of hydrogen-bond acceptors (Lipinski definition) is 4. The van der Waals surface area contributed by atoms with Gasteiger partial charge in [0, 0.05) is 17.9 Å². The second kappa shape index (κ2) is 21.3. The number of hydrogen-bond donors (Lipinski definition) is 0. The molecule has 0 radical (unpaired) electrons. The molecule has 0 bridgehead atoms. The lowest BCUT2D eigenvalue weighted by Gasteiger charge is -2.43. The van der Waals surface area contributed by atoms with Gasteiger partial charge in [0.05, 0.1) is 16.6 Å². The third-order valence-electron chi connectivity index (χ3n) is 6.84. The van der Waals surface area contributed by atoms with Crippen molar-refractivity contribution in [3.8, 4) is 0 Å². The van der Waals surface area contributed by atoms with Crippen LogP contribution in [0, 0.1) is 22.2 Å². The molecule has 1 aromatic rings. The maximum Gasteiger partial charge on any atom is 0.174 e. The zero-order valence-corrected chi connectivity index (χ0v) is 32.9. The number of carbonyl (C=O) groups is 2. The number of carbonyl (C=O) groups excluding carboxylic acids is 2. The van der Waals surface area contributed by atoms with Crippen molar-refractivity contribution in [1.29, 1.82) is 0 Å². The molecule has 0 aromatic heterocycles. The molecule has 0 aliphatic rings.